The Hall–Kier alpha value is -2.90. The molecular formula is C23H22FN3O2S. The van der Waals surface area contributed by atoms with Gasteiger partial charge in [-0.3, -0.25) is 0 Å². The molecule has 0 spiro atoms. The molecule has 1 aliphatic heterocycles. The van der Waals surface area contributed by atoms with Crippen LogP contribution in [0.1, 0.15) is 12.0 Å². The van der Waals surface area contributed by atoms with Crippen LogP contribution in [0.3, 0.4) is 0 Å². The molecule has 0 aliphatic carbocycles. The Kier molecular flexibility index (Phi) is 4.34. The van der Waals surface area contributed by atoms with Crippen molar-refractivity contribution >= 4 is 37.4 Å². The fourth-order valence-electron chi connectivity index (χ4n) is 4.18. The first-order valence-electron chi connectivity index (χ1n) is 9.84. The molecule has 3 heterocycles. The van der Waals surface area contributed by atoms with Crippen LogP contribution in [0.4, 0.5) is 4.39 Å². The van der Waals surface area contributed by atoms with Crippen LogP contribution in [0.5, 0.6) is 0 Å². The molecule has 0 N–H and O–H groups in total. The van der Waals surface area contributed by atoms with Crippen LogP contribution in [0, 0.1) is 5.82 Å². The summed E-state index contributed by atoms with van der Waals surface area (Å²) in [6, 6.07) is 11.3. The van der Waals surface area contributed by atoms with Crippen molar-refractivity contribution in [1.29, 1.82) is 0 Å². The average molecular weight is 424 g/mol. The van der Waals surface area contributed by atoms with Crippen LogP contribution in [-0.4, -0.2) is 42.0 Å². The molecule has 0 radical (unpaired) electrons. The Bertz CT molecular complexity index is 1430. The van der Waals surface area contributed by atoms with E-state index in [1.807, 2.05) is 37.0 Å². The highest BCUT2D eigenvalue weighted by atomic mass is 32.2. The van der Waals surface area contributed by atoms with Crippen LogP contribution in [0.2, 0.25) is 0 Å². The lowest BCUT2D eigenvalue weighted by atomic mass is 9.99. The van der Waals surface area contributed by atoms with E-state index in [4.69, 9.17) is 0 Å². The fraction of sp³-hybridized carbons (Fsp3) is 0.217. The maximum Gasteiger partial charge on any atom is 0.268 e. The topological polar surface area (TPSA) is 47.2 Å². The SMILES string of the molecule is CN1CC=C(c2cn(S(=O)(=O)c3ccc4c(ccn4C)c3)c3ccc(F)cc23)CC1. The largest absolute Gasteiger partial charge is 0.351 e. The predicted molar refractivity (Wildman–Crippen MR) is 117 cm³/mol. The summed E-state index contributed by atoms with van der Waals surface area (Å²) in [4.78, 5) is 2.40. The van der Waals surface area contributed by atoms with Crippen molar-refractivity contribution in [3.8, 4) is 0 Å². The second-order valence-corrected chi connectivity index (χ2v) is 9.71. The first kappa shape index (κ1) is 19.1. The van der Waals surface area contributed by atoms with Gasteiger partial charge in [-0.2, -0.15) is 0 Å². The zero-order valence-corrected chi connectivity index (χ0v) is 17.7. The molecule has 7 heteroatoms. The monoisotopic (exact) mass is 423 g/mol. The minimum absolute atomic E-state index is 0.214. The highest BCUT2D eigenvalue weighted by molar-refractivity contribution is 7.90. The number of halogens is 1. The smallest absolute Gasteiger partial charge is 0.268 e. The first-order chi connectivity index (χ1) is 14.3. The van der Waals surface area contributed by atoms with E-state index < -0.39 is 10.0 Å². The number of aryl methyl sites for hydroxylation is 1. The van der Waals surface area contributed by atoms with Crippen LogP contribution in [0.25, 0.3) is 27.4 Å². The molecule has 0 fully saturated rings. The van der Waals surface area contributed by atoms with Gasteiger partial charge < -0.3 is 9.47 Å². The van der Waals surface area contributed by atoms with E-state index in [-0.39, 0.29) is 10.7 Å². The standard InChI is InChI=1S/C23H22FN3O2S/c1-25-10-7-16(8-11-25)21-15-27(23-5-3-18(24)14-20(21)23)30(28,29)19-4-6-22-17(13-19)9-12-26(22)2/h3-7,9,12-15H,8,10-11H2,1-2H3. The van der Waals surface area contributed by atoms with E-state index in [2.05, 4.69) is 11.0 Å². The molecule has 5 rings (SSSR count). The number of benzene rings is 2. The van der Waals surface area contributed by atoms with Crippen LogP contribution < -0.4 is 0 Å². The quantitative estimate of drug-likeness (QED) is 0.496. The Labute approximate surface area is 174 Å². The Morgan fingerprint density at radius 3 is 2.57 bits per heavy atom. The van der Waals surface area contributed by atoms with Gasteiger partial charge in [0.05, 0.1) is 10.4 Å². The molecule has 2 aromatic carbocycles. The molecule has 0 saturated carbocycles. The highest BCUT2D eigenvalue weighted by Gasteiger charge is 2.24. The number of hydrogen-bond donors (Lipinski definition) is 0. The summed E-state index contributed by atoms with van der Waals surface area (Å²) in [5, 5.41) is 1.48. The van der Waals surface area contributed by atoms with Crippen LogP contribution >= 0.6 is 0 Å². The van der Waals surface area contributed by atoms with Gasteiger partial charge in [-0.25, -0.2) is 16.8 Å². The number of nitrogens with zero attached hydrogens (tertiary/aromatic N) is 3. The van der Waals surface area contributed by atoms with Gasteiger partial charge in [0.2, 0.25) is 0 Å². The number of rotatable bonds is 3. The van der Waals surface area contributed by atoms with Gasteiger partial charge in [0.1, 0.15) is 5.82 Å². The van der Waals surface area contributed by atoms with Crippen molar-refractivity contribution in [3.05, 3.63) is 72.3 Å². The van der Waals surface area contributed by atoms with Crippen molar-refractivity contribution in [3.63, 3.8) is 0 Å². The van der Waals surface area contributed by atoms with Gasteiger partial charge in [-0.1, -0.05) is 6.08 Å². The molecule has 5 nitrogen and oxygen atoms in total. The van der Waals surface area contributed by atoms with E-state index in [1.165, 1.54) is 16.1 Å². The summed E-state index contributed by atoms with van der Waals surface area (Å²) >= 11 is 0. The number of hydrogen-bond acceptors (Lipinski definition) is 3. The molecule has 0 saturated heterocycles. The van der Waals surface area contributed by atoms with Crippen molar-refractivity contribution in [2.24, 2.45) is 7.05 Å². The lowest BCUT2D eigenvalue weighted by Gasteiger charge is -2.21. The molecule has 0 unspecified atom stereocenters. The Morgan fingerprint density at radius 2 is 1.80 bits per heavy atom. The summed E-state index contributed by atoms with van der Waals surface area (Å²) < 4.78 is 44.4. The van der Waals surface area contributed by atoms with Gasteiger partial charge >= 0.3 is 0 Å². The number of aromatic nitrogens is 2. The van der Waals surface area contributed by atoms with E-state index in [0.29, 0.717) is 10.9 Å². The zero-order chi connectivity index (χ0) is 21.0. The molecule has 0 amide bonds. The summed E-state index contributed by atoms with van der Waals surface area (Å²) in [6.45, 7) is 1.67. The van der Waals surface area contributed by atoms with E-state index in [1.54, 1.807) is 24.4 Å². The van der Waals surface area contributed by atoms with Gasteiger partial charge in [0.25, 0.3) is 10.0 Å². The third-order valence-corrected chi connectivity index (χ3v) is 7.57. The molecule has 2 aromatic heterocycles. The maximum absolute atomic E-state index is 14.1. The van der Waals surface area contributed by atoms with Gasteiger partial charge in [0, 0.05) is 54.4 Å². The van der Waals surface area contributed by atoms with E-state index in [0.717, 1.165) is 41.5 Å². The summed E-state index contributed by atoms with van der Waals surface area (Å²) in [5.41, 5.74) is 3.28. The minimum Gasteiger partial charge on any atom is -0.351 e. The normalized spacial score (nSPS) is 15.8. The lowest BCUT2D eigenvalue weighted by molar-refractivity contribution is 0.370. The highest BCUT2D eigenvalue weighted by Crippen LogP contribution is 2.34. The third-order valence-electron chi connectivity index (χ3n) is 5.90. The second kappa shape index (κ2) is 6.82. The predicted octanol–water partition coefficient (Wildman–Crippen LogP) is 4.23. The molecule has 0 bridgehead atoms. The van der Waals surface area contributed by atoms with E-state index in [9.17, 15) is 12.8 Å². The summed E-state index contributed by atoms with van der Waals surface area (Å²) in [6.07, 6.45) is 6.43. The second-order valence-electron chi connectivity index (χ2n) is 7.89. The molecule has 30 heavy (non-hydrogen) atoms. The van der Waals surface area contributed by atoms with Gasteiger partial charge in [-0.15, -0.1) is 0 Å². The molecule has 4 aromatic rings. The van der Waals surface area contributed by atoms with Crippen molar-refractivity contribution in [2.75, 3.05) is 20.1 Å². The van der Waals surface area contributed by atoms with Gasteiger partial charge in [0.15, 0.2) is 0 Å². The maximum atomic E-state index is 14.1. The van der Waals surface area contributed by atoms with Crippen molar-refractivity contribution < 1.29 is 12.8 Å². The lowest BCUT2D eigenvalue weighted by Crippen LogP contribution is -2.23. The molecule has 154 valence electrons. The van der Waals surface area contributed by atoms with E-state index >= 15 is 0 Å². The van der Waals surface area contributed by atoms with Crippen molar-refractivity contribution in [2.45, 2.75) is 11.3 Å². The zero-order valence-electron chi connectivity index (χ0n) is 16.8. The van der Waals surface area contributed by atoms with Crippen LogP contribution in [-0.2, 0) is 17.1 Å². The van der Waals surface area contributed by atoms with Gasteiger partial charge in [-0.05, 0) is 61.5 Å². The molecular weight excluding hydrogens is 401 g/mol. The summed E-state index contributed by atoms with van der Waals surface area (Å²) in [5.74, 6) is -0.377. The molecule has 0 atom stereocenters. The minimum atomic E-state index is -3.84. The van der Waals surface area contributed by atoms with Crippen molar-refractivity contribution in [1.82, 2.24) is 13.4 Å². The summed E-state index contributed by atoms with van der Waals surface area (Å²) in [7, 11) is 0.123. The number of likely N-dealkylation sites (N-methyl/N-ethyl adjacent to an activating group) is 1. The third kappa shape index (κ3) is 2.97. The Morgan fingerprint density at radius 1 is 1.00 bits per heavy atom. The first-order valence-corrected chi connectivity index (χ1v) is 11.3. The average Bonchev–Trinajstić information content (AvgIpc) is 3.29. The fourth-order valence-corrected chi connectivity index (χ4v) is 5.58. The van der Waals surface area contributed by atoms with Crippen LogP contribution in [0.15, 0.2) is 65.8 Å². The Balaban J connectivity index is 1.71. The molecule has 1 aliphatic rings. The number of fused-ring (bicyclic) bond motifs is 2.